The molecular weight excluding hydrogens is 355 g/mol. The van der Waals surface area contributed by atoms with Crippen LogP contribution in [0.3, 0.4) is 0 Å². The van der Waals surface area contributed by atoms with E-state index in [1.807, 2.05) is 24.3 Å². The van der Waals surface area contributed by atoms with E-state index in [0.717, 1.165) is 37.2 Å². The van der Waals surface area contributed by atoms with Gasteiger partial charge >= 0.3 is 6.09 Å². The van der Waals surface area contributed by atoms with E-state index in [1.165, 1.54) is 11.0 Å². The number of para-hydroxylation sites is 1. The summed E-state index contributed by atoms with van der Waals surface area (Å²) in [6.07, 6.45) is 0.369. The SMILES string of the molecule is CCN1CC[C@@H](OC(=O)N(C)c2ccccc2-c2ccc(F)c(Cl)c2)C1. The minimum atomic E-state index is -0.470. The van der Waals surface area contributed by atoms with E-state index in [2.05, 4.69) is 11.8 Å². The highest BCUT2D eigenvalue weighted by atomic mass is 35.5. The molecule has 1 atom stereocenters. The quantitative estimate of drug-likeness (QED) is 0.767. The van der Waals surface area contributed by atoms with Crippen molar-refractivity contribution in [3.8, 4) is 11.1 Å². The normalized spacial score (nSPS) is 17.3. The molecule has 0 radical (unpaired) electrons. The molecule has 0 N–H and O–H groups in total. The standard InChI is InChI=1S/C20H22ClFN2O2/c1-3-24-11-10-15(13-24)26-20(25)23(2)19-7-5-4-6-16(19)14-8-9-18(22)17(21)12-14/h4-9,12,15H,3,10-11,13H2,1-2H3/t15-/m1/s1. The van der Waals surface area contributed by atoms with Crippen LogP contribution < -0.4 is 4.90 Å². The summed E-state index contributed by atoms with van der Waals surface area (Å²) in [7, 11) is 1.68. The first-order chi connectivity index (χ1) is 12.5. The van der Waals surface area contributed by atoms with Crippen LogP contribution in [0, 0.1) is 5.82 Å². The van der Waals surface area contributed by atoms with Gasteiger partial charge in [-0.05, 0) is 36.7 Å². The molecule has 0 aliphatic carbocycles. The smallest absolute Gasteiger partial charge is 0.414 e. The van der Waals surface area contributed by atoms with Crippen molar-refractivity contribution >= 4 is 23.4 Å². The molecule has 3 rings (SSSR count). The number of benzene rings is 2. The van der Waals surface area contributed by atoms with Gasteiger partial charge in [0, 0.05) is 25.7 Å². The number of hydrogen-bond donors (Lipinski definition) is 0. The lowest BCUT2D eigenvalue weighted by atomic mass is 10.0. The number of hydrogen-bond acceptors (Lipinski definition) is 3. The van der Waals surface area contributed by atoms with Crippen LogP contribution >= 0.6 is 11.6 Å². The van der Waals surface area contributed by atoms with Crippen molar-refractivity contribution < 1.29 is 13.9 Å². The van der Waals surface area contributed by atoms with Crippen LogP contribution in [0.25, 0.3) is 11.1 Å². The zero-order valence-corrected chi connectivity index (χ0v) is 15.7. The molecule has 0 spiro atoms. The third-order valence-electron chi connectivity index (χ3n) is 4.71. The van der Waals surface area contributed by atoms with Crippen LogP contribution in [0.5, 0.6) is 0 Å². The number of rotatable bonds is 4. The molecule has 1 heterocycles. The van der Waals surface area contributed by atoms with Crippen molar-refractivity contribution in [3.63, 3.8) is 0 Å². The molecule has 1 aliphatic heterocycles. The third-order valence-corrected chi connectivity index (χ3v) is 5.00. The lowest BCUT2D eigenvalue weighted by Crippen LogP contribution is -2.32. The van der Waals surface area contributed by atoms with Gasteiger partial charge in [0.1, 0.15) is 11.9 Å². The first-order valence-corrected chi connectivity index (χ1v) is 9.08. The van der Waals surface area contributed by atoms with Crippen molar-refractivity contribution in [1.82, 2.24) is 4.90 Å². The van der Waals surface area contributed by atoms with Gasteiger partial charge in [-0.25, -0.2) is 9.18 Å². The largest absolute Gasteiger partial charge is 0.444 e. The Morgan fingerprint density at radius 2 is 2.12 bits per heavy atom. The van der Waals surface area contributed by atoms with Gasteiger partial charge < -0.3 is 4.74 Å². The van der Waals surface area contributed by atoms with Gasteiger partial charge in [0.25, 0.3) is 0 Å². The second-order valence-electron chi connectivity index (χ2n) is 6.39. The maximum atomic E-state index is 13.5. The van der Waals surface area contributed by atoms with Gasteiger partial charge in [-0.1, -0.05) is 42.8 Å². The van der Waals surface area contributed by atoms with Gasteiger partial charge in [-0.2, -0.15) is 0 Å². The zero-order chi connectivity index (χ0) is 18.7. The van der Waals surface area contributed by atoms with Crippen LogP contribution in [0.4, 0.5) is 14.9 Å². The summed E-state index contributed by atoms with van der Waals surface area (Å²) in [5.74, 6) is -0.470. The summed E-state index contributed by atoms with van der Waals surface area (Å²) in [6.45, 7) is 4.77. The molecule has 1 saturated heterocycles. The van der Waals surface area contributed by atoms with Crippen LogP contribution in [-0.2, 0) is 4.74 Å². The van der Waals surface area contributed by atoms with E-state index in [0.29, 0.717) is 5.69 Å². The maximum Gasteiger partial charge on any atom is 0.414 e. The number of amides is 1. The van der Waals surface area contributed by atoms with Gasteiger partial charge in [-0.3, -0.25) is 9.80 Å². The molecule has 0 aromatic heterocycles. The van der Waals surface area contributed by atoms with E-state index in [4.69, 9.17) is 16.3 Å². The molecule has 0 unspecified atom stereocenters. The van der Waals surface area contributed by atoms with E-state index in [9.17, 15) is 9.18 Å². The highest BCUT2D eigenvalue weighted by Crippen LogP contribution is 2.33. The number of anilines is 1. The van der Waals surface area contributed by atoms with Crippen molar-refractivity contribution in [2.24, 2.45) is 0 Å². The number of halogens is 2. The van der Waals surface area contributed by atoms with Gasteiger partial charge in [0.05, 0.1) is 10.7 Å². The molecular formula is C20H22ClFN2O2. The van der Waals surface area contributed by atoms with Crippen molar-refractivity contribution in [2.45, 2.75) is 19.4 Å². The van der Waals surface area contributed by atoms with Crippen molar-refractivity contribution in [1.29, 1.82) is 0 Å². The third kappa shape index (κ3) is 4.00. The summed E-state index contributed by atoms with van der Waals surface area (Å²) in [5.41, 5.74) is 2.21. The molecule has 0 saturated carbocycles. The number of likely N-dealkylation sites (N-methyl/N-ethyl adjacent to an activating group) is 1. The summed E-state index contributed by atoms with van der Waals surface area (Å²) < 4.78 is 19.1. The van der Waals surface area contributed by atoms with Gasteiger partial charge in [-0.15, -0.1) is 0 Å². The average molecular weight is 377 g/mol. The predicted octanol–water partition coefficient (Wildman–Crippen LogP) is 4.81. The molecule has 6 heteroatoms. The van der Waals surface area contributed by atoms with E-state index >= 15 is 0 Å². The monoisotopic (exact) mass is 376 g/mol. The fraction of sp³-hybridized carbons (Fsp3) is 0.350. The highest BCUT2D eigenvalue weighted by molar-refractivity contribution is 6.31. The van der Waals surface area contributed by atoms with Crippen LogP contribution in [0.15, 0.2) is 42.5 Å². The summed E-state index contributed by atoms with van der Waals surface area (Å²) in [4.78, 5) is 16.3. The average Bonchev–Trinajstić information content (AvgIpc) is 3.11. The first-order valence-electron chi connectivity index (χ1n) is 8.70. The van der Waals surface area contributed by atoms with Crippen LogP contribution in [0.1, 0.15) is 13.3 Å². The maximum absolute atomic E-state index is 13.5. The van der Waals surface area contributed by atoms with E-state index < -0.39 is 11.9 Å². The second kappa shape index (κ2) is 8.06. The highest BCUT2D eigenvalue weighted by Gasteiger charge is 2.26. The Hall–Kier alpha value is -2.11. The number of ether oxygens (including phenoxy) is 1. The summed E-state index contributed by atoms with van der Waals surface area (Å²) >= 11 is 5.91. The molecule has 1 fully saturated rings. The molecule has 4 nitrogen and oxygen atoms in total. The molecule has 0 bridgehead atoms. The topological polar surface area (TPSA) is 32.8 Å². The van der Waals surface area contributed by atoms with Crippen LogP contribution in [-0.4, -0.2) is 43.8 Å². The van der Waals surface area contributed by atoms with Gasteiger partial charge in [0.15, 0.2) is 0 Å². The van der Waals surface area contributed by atoms with Crippen molar-refractivity contribution in [3.05, 3.63) is 53.3 Å². The Labute approximate surface area is 158 Å². The lowest BCUT2D eigenvalue weighted by Gasteiger charge is -2.23. The number of likely N-dealkylation sites (tertiary alicyclic amines) is 1. The van der Waals surface area contributed by atoms with Gasteiger partial charge in [0.2, 0.25) is 0 Å². The number of carbonyl (C=O) groups is 1. The molecule has 1 amide bonds. The summed E-state index contributed by atoms with van der Waals surface area (Å²) in [6, 6.07) is 12.0. The van der Waals surface area contributed by atoms with E-state index in [-0.39, 0.29) is 11.1 Å². The number of carbonyl (C=O) groups excluding carboxylic acids is 1. The Morgan fingerprint density at radius 1 is 1.35 bits per heavy atom. The Morgan fingerprint density at radius 3 is 2.81 bits per heavy atom. The Kier molecular flexibility index (Phi) is 5.79. The molecule has 2 aromatic carbocycles. The Balaban J connectivity index is 1.80. The predicted molar refractivity (Wildman–Crippen MR) is 102 cm³/mol. The summed E-state index contributed by atoms with van der Waals surface area (Å²) in [5, 5.41) is 0.0492. The van der Waals surface area contributed by atoms with E-state index in [1.54, 1.807) is 19.2 Å². The minimum Gasteiger partial charge on any atom is -0.444 e. The fourth-order valence-corrected chi connectivity index (χ4v) is 3.35. The zero-order valence-electron chi connectivity index (χ0n) is 14.9. The lowest BCUT2D eigenvalue weighted by molar-refractivity contribution is 0.108. The second-order valence-corrected chi connectivity index (χ2v) is 6.80. The molecule has 138 valence electrons. The number of nitrogens with zero attached hydrogens (tertiary/aromatic N) is 2. The molecule has 26 heavy (non-hydrogen) atoms. The van der Waals surface area contributed by atoms with Crippen molar-refractivity contribution in [2.75, 3.05) is 31.6 Å². The first kappa shape index (κ1) is 18.7. The van der Waals surface area contributed by atoms with Crippen LogP contribution in [0.2, 0.25) is 5.02 Å². The minimum absolute atomic E-state index is 0.0492. The fourth-order valence-electron chi connectivity index (χ4n) is 3.17. The Bertz CT molecular complexity index is 799. The molecule has 1 aliphatic rings. The molecule has 2 aromatic rings.